The highest BCUT2D eigenvalue weighted by Crippen LogP contribution is 2.21. The summed E-state index contributed by atoms with van der Waals surface area (Å²) < 4.78 is 27.1. The Bertz CT molecular complexity index is 702. The molecule has 0 aliphatic heterocycles. The summed E-state index contributed by atoms with van der Waals surface area (Å²) in [5.41, 5.74) is 3.60. The number of aliphatic hydroxyl groups is 1. The molecule has 1 heterocycles. The summed E-state index contributed by atoms with van der Waals surface area (Å²) >= 11 is 0. The number of nitrogens with one attached hydrogen (secondary N) is 2. The van der Waals surface area contributed by atoms with Gasteiger partial charge in [0.1, 0.15) is 4.90 Å². The van der Waals surface area contributed by atoms with E-state index in [9.17, 15) is 8.42 Å². The molecule has 5 N–H and O–H groups in total. The van der Waals surface area contributed by atoms with E-state index < -0.39 is 10.0 Å². The smallest absolute Gasteiger partial charge is 0.265 e. The summed E-state index contributed by atoms with van der Waals surface area (Å²) in [5.74, 6) is 5.34. The molecule has 0 amide bonds. The number of hydrogen-bond donors (Lipinski definition) is 4. The number of nitrogens with zero attached hydrogens (tertiary/aromatic N) is 1. The number of anilines is 2. The SMILES string of the molecule is NNc1ncccc1S(=O)(=O)Nc1ccc(CCO)cc1. The first-order chi connectivity index (χ1) is 10.1. The van der Waals surface area contributed by atoms with Crippen LogP contribution in [0.3, 0.4) is 0 Å². The Morgan fingerprint density at radius 1 is 1.19 bits per heavy atom. The zero-order valence-electron chi connectivity index (χ0n) is 11.2. The van der Waals surface area contributed by atoms with Crippen LogP contribution in [-0.4, -0.2) is 25.1 Å². The molecule has 1 aromatic carbocycles. The number of pyridine rings is 1. The highest BCUT2D eigenvalue weighted by molar-refractivity contribution is 7.92. The first kappa shape index (κ1) is 15.2. The van der Waals surface area contributed by atoms with Gasteiger partial charge in [0.2, 0.25) is 0 Å². The van der Waals surface area contributed by atoms with E-state index in [1.165, 1.54) is 18.3 Å². The fourth-order valence-electron chi connectivity index (χ4n) is 1.79. The van der Waals surface area contributed by atoms with Crippen LogP contribution in [0.2, 0.25) is 0 Å². The maximum atomic E-state index is 12.3. The van der Waals surface area contributed by atoms with E-state index in [1.54, 1.807) is 24.3 Å². The molecule has 0 unspecified atom stereocenters. The molecule has 0 fully saturated rings. The second kappa shape index (κ2) is 6.53. The summed E-state index contributed by atoms with van der Waals surface area (Å²) in [6.45, 7) is 0.0479. The van der Waals surface area contributed by atoms with Gasteiger partial charge in [-0.1, -0.05) is 12.1 Å². The van der Waals surface area contributed by atoms with Crippen LogP contribution in [0.25, 0.3) is 0 Å². The molecule has 1 aromatic heterocycles. The molecule has 0 saturated carbocycles. The summed E-state index contributed by atoms with van der Waals surface area (Å²) in [7, 11) is -3.79. The van der Waals surface area contributed by atoms with Crippen molar-refractivity contribution < 1.29 is 13.5 Å². The van der Waals surface area contributed by atoms with Gasteiger partial charge < -0.3 is 10.5 Å². The number of nitrogens with two attached hydrogens (primary N) is 1. The molecule has 2 aromatic rings. The zero-order valence-corrected chi connectivity index (χ0v) is 12.0. The zero-order chi connectivity index (χ0) is 15.3. The van der Waals surface area contributed by atoms with Crippen molar-refractivity contribution in [3.63, 3.8) is 0 Å². The van der Waals surface area contributed by atoms with Gasteiger partial charge in [0, 0.05) is 18.5 Å². The predicted molar refractivity (Wildman–Crippen MR) is 80.1 cm³/mol. The molecule has 0 saturated heterocycles. The monoisotopic (exact) mass is 308 g/mol. The molecule has 8 heteroatoms. The molecule has 0 spiro atoms. The Morgan fingerprint density at radius 2 is 1.90 bits per heavy atom. The molecule has 0 atom stereocenters. The van der Waals surface area contributed by atoms with Crippen LogP contribution >= 0.6 is 0 Å². The number of aliphatic hydroxyl groups excluding tert-OH is 1. The Kier molecular flexibility index (Phi) is 4.73. The van der Waals surface area contributed by atoms with E-state index >= 15 is 0 Å². The minimum absolute atomic E-state index is 0.0352. The number of hydrogen-bond acceptors (Lipinski definition) is 6. The molecular weight excluding hydrogens is 292 g/mol. The van der Waals surface area contributed by atoms with Gasteiger partial charge in [-0.15, -0.1) is 0 Å². The quantitative estimate of drug-likeness (QED) is 0.461. The first-order valence-electron chi connectivity index (χ1n) is 6.21. The maximum absolute atomic E-state index is 12.3. The van der Waals surface area contributed by atoms with Gasteiger partial charge in [0.25, 0.3) is 10.0 Å². The van der Waals surface area contributed by atoms with Crippen LogP contribution in [0, 0.1) is 0 Å². The fraction of sp³-hybridized carbons (Fsp3) is 0.154. The van der Waals surface area contributed by atoms with E-state index in [0.717, 1.165) is 5.56 Å². The van der Waals surface area contributed by atoms with Crippen LogP contribution < -0.4 is 16.0 Å². The molecule has 0 bridgehead atoms. The van der Waals surface area contributed by atoms with Crippen LogP contribution in [0.5, 0.6) is 0 Å². The highest BCUT2D eigenvalue weighted by Gasteiger charge is 2.19. The van der Waals surface area contributed by atoms with Crippen molar-refractivity contribution in [1.29, 1.82) is 0 Å². The summed E-state index contributed by atoms with van der Waals surface area (Å²) in [6.07, 6.45) is 1.97. The maximum Gasteiger partial charge on any atom is 0.265 e. The van der Waals surface area contributed by atoms with Gasteiger partial charge >= 0.3 is 0 Å². The molecule has 0 aliphatic rings. The third-order valence-electron chi connectivity index (χ3n) is 2.80. The van der Waals surface area contributed by atoms with Gasteiger partial charge in [0.15, 0.2) is 5.82 Å². The van der Waals surface area contributed by atoms with Gasteiger partial charge in [0.05, 0.1) is 0 Å². The van der Waals surface area contributed by atoms with E-state index in [1.807, 2.05) is 0 Å². The lowest BCUT2D eigenvalue weighted by atomic mass is 10.1. The Hall–Kier alpha value is -2.16. The average Bonchev–Trinajstić information content (AvgIpc) is 2.49. The van der Waals surface area contributed by atoms with Crippen molar-refractivity contribution in [3.05, 3.63) is 48.2 Å². The number of nitrogen functional groups attached to an aromatic ring is 1. The normalized spacial score (nSPS) is 11.1. The number of benzene rings is 1. The molecule has 7 nitrogen and oxygen atoms in total. The summed E-state index contributed by atoms with van der Waals surface area (Å²) in [4.78, 5) is 3.83. The molecule has 2 rings (SSSR count). The van der Waals surface area contributed by atoms with Crippen molar-refractivity contribution in [2.45, 2.75) is 11.3 Å². The van der Waals surface area contributed by atoms with Crippen molar-refractivity contribution in [2.24, 2.45) is 5.84 Å². The molecule has 112 valence electrons. The second-order valence-corrected chi connectivity index (χ2v) is 5.92. The van der Waals surface area contributed by atoms with Gasteiger partial charge in [-0.25, -0.2) is 19.2 Å². The number of hydrazine groups is 1. The van der Waals surface area contributed by atoms with Gasteiger partial charge in [-0.3, -0.25) is 4.72 Å². The lowest BCUT2D eigenvalue weighted by Gasteiger charge is -2.11. The molecule has 21 heavy (non-hydrogen) atoms. The van der Waals surface area contributed by atoms with Gasteiger partial charge in [-0.2, -0.15) is 0 Å². The van der Waals surface area contributed by atoms with Crippen LogP contribution in [0.4, 0.5) is 11.5 Å². The molecule has 0 aliphatic carbocycles. The Balaban J connectivity index is 2.24. The molecular formula is C13H16N4O3S. The topological polar surface area (TPSA) is 117 Å². The second-order valence-electron chi connectivity index (χ2n) is 4.27. The minimum Gasteiger partial charge on any atom is -0.396 e. The van der Waals surface area contributed by atoms with E-state index in [0.29, 0.717) is 12.1 Å². The summed E-state index contributed by atoms with van der Waals surface area (Å²) in [6, 6.07) is 9.69. The minimum atomic E-state index is -3.79. The lowest BCUT2D eigenvalue weighted by Crippen LogP contribution is -2.18. The van der Waals surface area contributed by atoms with E-state index in [2.05, 4.69) is 15.1 Å². The van der Waals surface area contributed by atoms with Crippen molar-refractivity contribution in [3.8, 4) is 0 Å². The lowest BCUT2D eigenvalue weighted by molar-refractivity contribution is 0.299. The highest BCUT2D eigenvalue weighted by atomic mass is 32.2. The summed E-state index contributed by atoms with van der Waals surface area (Å²) in [5, 5.41) is 8.84. The number of rotatable bonds is 6. The standard InChI is InChI=1S/C13H16N4O3S/c14-16-13-12(2-1-8-15-13)21(19,20)17-11-5-3-10(4-6-11)7-9-18/h1-6,8,17-18H,7,9,14H2,(H,15,16). The number of aromatic nitrogens is 1. The average molecular weight is 308 g/mol. The van der Waals surface area contributed by atoms with Crippen LogP contribution in [0.1, 0.15) is 5.56 Å². The van der Waals surface area contributed by atoms with E-state index in [-0.39, 0.29) is 17.3 Å². The Labute approximate surface area is 122 Å². The Morgan fingerprint density at radius 3 is 2.52 bits per heavy atom. The number of sulfonamides is 1. The van der Waals surface area contributed by atoms with Gasteiger partial charge in [-0.05, 0) is 36.2 Å². The third-order valence-corrected chi connectivity index (χ3v) is 4.22. The first-order valence-corrected chi connectivity index (χ1v) is 7.69. The van der Waals surface area contributed by atoms with Crippen molar-refractivity contribution in [1.82, 2.24) is 4.98 Å². The van der Waals surface area contributed by atoms with Crippen molar-refractivity contribution in [2.75, 3.05) is 16.8 Å². The third kappa shape index (κ3) is 3.69. The largest absolute Gasteiger partial charge is 0.396 e. The van der Waals surface area contributed by atoms with Crippen LogP contribution in [-0.2, 0) is 16.4 Å². The van der Waals surface area contributed by atoms with Crippen molar-refractivity contribution >= 4 is 21.5 Å². The van der Waals surface area contributed by atoms with E-state index in [4.69, 9.17) is 10.9 Å². The predicted octanol–water partition coefficient (Wildman–Crippen LogP) is 0.703. The fourth-order valence-corrected chi connectivity index (χ4v) is 2.97. The molecule has 0 radical (unpaired) electrons. The van der Waals surface area contributed by atoms with Crippen LogP contribution in [0.15, 0.2) is 47.5 Å².